The van der Waals surface area contributed by atoms with Crippen LogP contribution in [0, 0.1) is 0 Å². The molecule has 2 heterocycles. The Labute approximate surface area is 154 Å². The van der Waals surface area contributed by atoms with Crippen LogP contribution in [0.1, 0.15) is 35.8 Å². The van der Waals surface area contributed by atoms with Crippen LogP contribution in [-0.4, -0.2) is 47.9 Å². The summed E-state index contributed by atoms with van der Waals surface area (Å²) in [5.41, 5.74) is 3.31. The molecule has 1 amide bonds. The highest BCUT2D eigenvalue weighted by Crippen LogP contribution is 2.30. The Morgan fingerprint density at radius 2 is 2.00 bits per heavy atom. The number of aromatic nitrogens is 1. The van der Waals surface area contributed by atoms with Crippen molar-refractivity contribution in [2.24, 2.45) is 0 Å². The van der Waals surface area contributed by atoms with E-state index in [2.05, 4.69) is 23.1 Å². The maximum Gasteiger partial charge on any atom is 0.236 e. The number of hydrogen-bond acceptors (Lipinski definition) is 3. The number of hydrogen-bond donors (Lipinski definition) is 0. The fourth-order valence-corrected chi connectivity index (χ4v) is 3.39. The van der Waals surface area contributed by atoms with Crippen LogP contribution in [-0.2, 0) is 11.2 Å². The van der Waals surface area contributed by atoms with Crippen LogP contribution in [0.2, 0.25) is 5.02 Å². The van der Waals surface area contributed by atoms with Crippen molar-refractivity contribution in [2.45, 2.75) is 25.3 Å². The molecule has 132 valence electrons. The summed E-state index contributed by atoms with van der Waals surface area (Å²) in [5, 5.41) is 0.748. The van der Waals surface area contributed by atoms with Crippen molar-refractivity contribution in [1.29, 1.82) is 0 Å². The maximum atomic E-state index is 12.1. The molecular formula is C20H24ClN3O. The monoisotopic (exact) mass is 357 g/mol. The van der Waals surface area contributed by atoms with Gasteiger partial charge in [0.1, 0.15) is 0 Å². The van der Waals surface area contributed by atoms with Crippen molar-refractivity contribution in [3.63, 3.8) is 0 Å². The summed E-state index contributed by atoms with van der Waals surface area (Å²) in [6, 6.07) is 14.3. The molecule has 1 atom stereocenters. The lowest BCUT2D eigenvalue weighted by atomic mass is 10.1. The van der Waals surface area contributed by atoms with Crippen molar-refractivity contribution in [3.05, 3.63) is 64.4 Å². The van der Waals surface area contributed by atoms with Gasteiger partial charge >= 0.3 is 0 Å². The number of carbonyl (C=O) groups is 1. The van der Waals surface area contributed by atoms with Crippen molar-refractivity contribution in [2.75, 3.05) is 27.2 Å². The Balaban J connectivity index is 1.73. The van der Waals surface area contributed by atoms with E-state index in [1.165, 1.54) is 5.56 Å². The minimum absolute atomic E-state index is 0.143. The molecule has 0 unspecified atom stereocenters. The number of likely N-dealkylation sites (N-methyl/N-ethyl adjacent to an activating group) is 1. The Bertz CT molecular complexity index is 730. The summed E-state index contributed by atoms with van der Waals surface area (Å²) in [4.78, 5) is 20.8. The van der Waals surface area contributed by atoms with E-state index >= 15 is 0 Å². The first kappa shape index (κ1) is 17.9. The average Bonchev–Trinajstić information content (AvgIpc) is 3.05. The predicted molar refractivity (Wildman–Crippen MR) is 101 cm³/mol. The minimum Gasteiger partial charge on any atom is -0.348 e. The lowest BCUT2D eigenvalue weighted by Crippen LogP contribution is -2.36. The lowest BCUT2D eigenvalue weighted by molar-refractivity contribution is -0.130. The molecule has 3 rings (SSSR count). The third kappa shape index (κ3) is 4.59. The van der Waals surface area contributed by atoms with E-state index in [0.717, 1.165) is 42.2 Å². The summed E-state index contributed by atoms with van der Waals surface area (Å²) < 4.78 is 0. The Hall–Kier alpha value is -1.91. The zero-order valence-corrected chi connectivity index (χ0v) is 15.5. The van der Waals surface area contributed by atoms with Crippen LogP contribution in [0.5, 0.6) is 0 Å². The molecule has 1 aliphatic heterocycles. The number of amides is 1. The first-order valence-electron chi connectivity index (χ1n) is 8.67. The van der Waals surface area contributed by atoms with Crippen LogP contribution >= 0.6 is 11.6 Å². The average molecular weight is 358 g/mol. The number of pyridine rings is 1. The summed E-state index contributed by atoms with van der Waals surface area (Å²) in [5.74, 6) is 0.143. The zero-order valence-electron chi connectivity index (χ0n) is 14.8. The van der Waals surface area contributed by atoms with Gasteiger partial charge in [-0.2, -0.15) is 0 Å². The number of benzene rings is 1. The van der Waals surface area contributed by atoms with Gasteiger partial charge < -0.3 is 4.90 Å². The quantitative estimate of drug-likeness (QED) is 0.821. The van der Waals surface area contributed by atoms with Crippen LogP contribution in [0.15, 0.2) is 42.5 Å². The second-order valence-corrected chi connectivity index (χ2v) is 7.21. The standard InChI is InChI=1S/C20H24ClN3O/c1-23(2)20(25)14-24-12-4-7-19(24)18-6-3-5-17(22-18)13-15-8-10-16(21)11-9-15/h3,5-6,8-11,19H,4,7,12-14H2,1-2H3/t19-/m0/s1. The molecule has 1 saturated heterocycles. The summed E-state index contributed by atoms with van der Waals surface area (Å²) in [6.07, 6.45) is 2.95. The topological polar surface area (TPSA) is 36.4 Å². The van der Waals surface area contributed by atoms with Crippen LogP contribution in [0.4, 0.5) is 0 Å². The smallest absolute Gasteiger partial charge is 0.236 e. The van der Waals surface area contributed by atoms with E-state index in [4.69, 9.17) is 16.6 Å². The third-order valence-electron chi connectivity index (χ3n) is 4.67. The molecule has 1 aliphatic rings. The number of carbonyl (C=O) groups excluding carboxylic acids is 1. The van der Waals surface area contributed by atoms with E-state index in [1.807, 2.05) is 24.3 Å². The maximum absolute atomic E-state index is 12.1. The summed E-state index contributed by atoms with van der Waals surface area (Å²) in [7, 11) is 3.61. The lowest BCUT2D eigenvalue weighted by Gasteiger charge is -2.25. The molecule has 2 aromatic rings. The summed E-state index contributed by atoms with van der Waals surface area (Å²) in [6.45, 7) is 1.41. The molecular weight excluding hydrogens is 334 g/mol. The van der Waals surface area contributed by atoms with Crippen molar-refractivity contribution in [3.8, 4) is 0 Å². The molecule has 1 aromatic heterocycles. The third-order valence-corrected chi connectivity index (χ3v) is 4.92. The van der Waals surface area contributed by atoms with E-state index in [1.54, 1.807) is 19.0 Å². The van der Waals surface area contributed by atoms with Gasteiger partial charge in [0.2, 0.25) is 5.91 Å². The number of halogens is 1. The molecule has 5 heteroatoms. The fourth-order valence-electron chi connectivity index (χ4n) is 3.26. The number of nitrogens with zero attached hydrogens (tertiary/aromatic N) is 3. The second kappa shape index (κ2) is 7.98. The van der Waals surface area contributed by atoms with Gasteiger partial charge in [-0.05, 0) is 49.2 Å². The molecule has 0 radical (unpaired) electrons. The van der Waals surface area contributed by atoms with Crippen LogP contribution < -0.4 is 0 Å². The Kier molecular flexibility index (Phi) is 5.71. The highest BCUT2D eigenvalue weighted by Gasteiger charge is 2.29. The highest BCUT2D eigenvalue weighted by atomic mass is 35.5. The van der Waals surface area contributed by atoms with Gasteiger partial charge in [-0.25, -0.2) is 0 Å². The number of rotatable bonds is 5. The van der Waals surface area contributed by atoms with Gasteiger partial charge in [0.25, 0.3) is 0 Å². The van der Waals surface area contributed by atoms with Gasteiger partial charge in [-0.15, -0.1) is 0 Å². The fraction of sp³-hybridized carbons (Fsp3) is 0.400. The normalized spacial score (nSPS) is 17.6. The first-order valence-corrected chi connectivity index (χ1v) is 9.05. The first-order chi connectivity index (χ1) is 12.0. The van der Waals surface area contributed by atoms with Crippen molar-refractivity contribution < 1.29 is 4.79 Å². The highest BCUT2D eigenvalue weighted by molar-refractivity contribution is 6.30. The van der Waals surface area contributed by atoms with E-state index in [0.29, 0.717) is 6.54 Å². The molecule has 1 aromatic carbocycles. The molecule has 1 fully saturated rings. The van der Waals surface area contributed by atoms with E-state index in [9.17, 15) is 4.79 Å². The predicted octanol–water partition coefficient (Wildman–Crippen LogP) is 3.55. The van der Waals surface area contributed by atoms with Crippen LogP contribution in [0.3, 0.4) is 0 Å². The summed E-state index contributed by atoms with van der Waals surface area (Å²) >= 11 is 5.95. The molecule has 0 aliphatic carbocycles. The molecule has 0 saturated carbocycles. The Morgan fingerprint density at radius 1 is 1.24 bits per heavy atom. The van der Waals surface area contributed by atoms with Gasteiger partial charge in [0, 0.05) is 31.2 Å². The van der Waals surface area contributed by atoms with Gasteiger partial charge in [-0.3, -0.25) is 14.7 Å². The van der Waals surface area contributed by atoms with Crippen molar-refractivity contribution >= 4 is 17.5 Å². The van der Waals surface area contributed by atoms with Gasteiger partial charge in [0.15, 0.2) is 0 Å². The zero-order chi connectivity index (χ0) is 17.8. The largest absolute Gasteiger partial charge is 0.348 e. The molecule has 25 heavy (non-hydrogen) atoms. The molecule has 0 N–H and O–H groups in total. The van der Waals surface area contributed by atoms with Gasteiger partial charge in [0.05, 0.1) is 18.3 Å². The van der Waals surface area contributed by atoms with E-state index < -0.39 is 0 Å². The minimum atomic E-state index is 0.143. The Morgan fingerprint density at radius 3 is 2.72 bits per heavy atom. The molecule has 0 bridgehead atoms. The SMILES string of the molecule is CN(C)C(=O)CN1CCC[C@H]1c1cccc(Cc2ccc(Cl)cc2)n1. The van der Waals surface area contributed by atoms with Gasteiger partial charge in [-0.1, -0.05) is 29.8 Å². The van der Waals surface area contributed by atoms with E-state index in [-0.39, 0.29) is 11.9 Å². The number of likely N-dealkylation sites (tertiary alicyclic amines) is 1. The molecule has 0 spiro atoms. The van der Waals surface area contributed by atoms with Crippen LogP contribution in [0.25, 0.3) is 0 Å². The second-order valence-electron chi connectivity index (χ2n) is 6.77. The van der Waals surface area contributed by atoms with Crippen molar-refractivity contribution in [1.82, 2.24) is 14.8 Å². The molecule has 4 nitrogen and oxygen atoms in total.